The van der Waals surface area contributed by atoms with E-state index in [1.165, 1.54) is 5.56 Å². The summed E-state index contributed by atoms with van der Waals surface area (Å²) in [5.41, 5.74) is 13.5. The van der Waals surface area contributed by atoms with Crippen LogP contribution in [0.5, 0.6) is 5.75 Å². The third kappa shape index (κ3) is 3.82. The molecule has 0 aliphatic rings. The Morgan fingerprint density at radius 1 is 1.17 bits per heavy atom. The molecule has 1 atom stereocenters. The number of nitrogen functional groups attached to an aromatic ring is 1. The normalized spacial score (nSPS) is 12.7. The molecule has 1 aromatic heterocycles. The Kier molecular flexibility index (Phi) is 4.78. The van der Waals surface area contributed by atoms with Gasteiger partial charge in [-0.2, -0.15) is 0 Å². The van der Waals surface area contributed by atoms with E-state index in [1.807, 2.05) is 24.3 Å². The summed E-state index contributed by atoms with van der Waals surface area (Å²) >= 11 is 0. The lowest BCUT2D eigenvalue weighted by molar-refractivity contribution is 0.0993. The zero-order chi connectivity index (χ0) is 18.1. The summed E-state index contributed by atoms with van der Waals surface area (Å²) in [5, 5.41) is 0. The molecule has 0 bridgehead atoms. The molecule has 0 fully saturated rings. The smallest absolute Gasteiger partial charge is 0.252 e. The first-order valence-electron chi connectivity index (χ1n) is 7.80. The van der Waals surface area contributed by atoms with Crippen LogP contribution < -0.4 is 16.2 Å². The molecule has 1 heterocycles. The number of anilines is 1. The molecule has 1 unspecified atom stereocenters. The second kappa shape index (κ2) is 6.47. The van der Waals surface area contributed by atoms with E-state index in [1.54, 1.807) is 13.8 Å². The lowest BCUT2D eigenvalue weighted by Gasteiger charge is -2.21. The quantitative estimate of drug-likeness (QED) is 0.898. The van der Waals surface area contributed by atoms with Gasteiger partial charge in [0, 0.05) is 0 Å². The van der Waals surface area contributed by atoms with Crippen LogP contribution in [-0.4, -0.2) is 15.9 Å². The highest BCUT2D eigenvalue weighted by Crippen LogP contribution is 2.28. The maximum Gasteiger partial charge on any atom is 0.252 e. The Hall–Kier alpha value is -2.63. The zero-order valence-corrected chi connectivity index (χ0v) is 14.8. The van der Waals surface area contributed by atoms with Crippen LogP contribution in [0.25, 0.3) is 0 Å². The number of benzene rings is 1. The van der Waals surface area contributed by atoms with Crippen LogP contribution in [0.15, 0.2) is 24.3 Å². The molecule has 128 valence electrons. The fourth-order valence-electron chi connectivity index (χ4n) is 2.51. The van der Waals surface area contributed by atoms with Crippen molar-refractivity contribution in [2.24, 2.45) is 5.73 Å². The Morgan fingerprint density at radius 3 is 2.25 bits per heavy atom. The van der Waals surface area contributed by atoms with Crippen molar-refractivity contribution < 1.29 is 9.53 Å². The van der Waals surface area contributed by atoms with Crippen molar-refractivity contribution in [2.75, 3.05) is 5.73 Å². The van der Waals surface area contributed by atoms with Crippen LogP contribution in [0.2, 0.25) is 0 Å². The topological polar surface area (TPSA) is 104 Å². The van der Waals surface area contributed by atoms with Crippen LogP contribution in [0.1, 0.15) is 61.1 Å². The van der Waals surface area contributed by atoms with Crippen molar-refractivity contribution in [3.8, 4) is 5.75 Å². The van der Waals surface area contributed by atoms with Crippen molar-refractivity contribution in [2.45, 2.75) is 46.1 Å². The van der Waals surface area contributed by atoms with Crippen molar-refractivity contribution in [1.82, 2.24) is 9.97 Å². The number of nitrogens with two attached hydrogens (primary N) is 2. The van der Waals surface area contributed by atoms with Crippen molar-refractivity contribution >= 4 is 11.9 Å². The van der Waals surface area contributed by atoms with Gasteiger partial charge in [0.25, 0.3) is 5.91 Å². The average Bonchev–Trinajstić information content (AvgIpc) is 2.45. The second-order valence-corrected chi connectivity index (χ2v) is 6.83. The number of aryl methyl sites for hydroxylation is 1. The van der Waals surface area contributed by atoms with E-state index in [9.17, 15) is 4.79 Å². The molecule has 24 heavy (non-hydrogen) atoms. The molecule has 0 saturated carbocycles. The van der Waals surface area contributed by atoms with Crippen molar-refractivity contribution in [1.29, 1.82) is 0 Å². The minimum atomic E-state index is -0.596. The van der Waals surface area contributed by atoms with Gasteiger partial charge in [0.15, 0.2) is 0 Å². The number of hydrogen-bond donors (Lipinski definition) is 2. The molecule has 2 rings (SSSR count). The van der Waals surface area contributed by atoms with Gasteiger partial charge in [-0.15, -0.1) is 0 Å². The average molecular weight is 328 g/mol. The van der Waals surface area contributed by atoms with Gasteiger partial charge in [-0.05, 0) is 37.0 Å². The highest BCUT2D eigenvalue weighted by Gasteiger charge is 2.22. The molecule has 1 amide bonds. The van der Waals surface area contributed by atoms with E-state index < -0.39 is 12.0 Å². The van der Waals surface area contributed by atoms with Gasteiger partial charge in [0.05, 0.1) is 17.0 Å². The number of carbonyl (C=O) groups is 1. The number of primary amides is 1. The maximum absolute atomic E-state index is 11.7. The molecule has 0 aliphatic carbocycles. The molecule has 6 heteroatoms. The van der Waals surface area contributed by atoms with Gasteiger partial charge in [-0.3, -0.25) is 4.79 Å². The first-order chi connectivity index (χ1) is 11.1. The van der Waals surface area contributed by atoms with Crippen LogP contribution in [0.3, 0.4) is 0 Å². The van der Waals surface area contributed by atoms with Gasteiger partial charge in [0.2, 0.25) is 5.95 Å². The Morgan fingerprint density at radius 2 is 1.75 bits per heavy atom. The zero-order valence-electron chi connectivity index (χ0n) is 14.8. The number of carbonyl (C=O) groups excluding carboxylic acids is 1. The van der Waals surface area contributed by atoms with E-state index in [2.05, 4.69) is 30.7 Å². The Bertz CT molecular complexity index is 749. The van der Waals surface area contributed by atoms with Crippen molar-refractivity contribution in [3.05, 3.63) is 46.8 Å². The predicted molar refractivity (Wildman–Crippen MR) is 93.9 cm³/mol. The number of amides is 1. The van der Waals surface area contributed by atoms with Gasteiger partial charge in [0.1, 0.15) is 11.9 Å². The summed E-state index contributed by atoms with van der Waals surface area (Å²) in [5.74, 6) is 0.174. The van der Waals surface area contributed by atoms with Gasteiger partial charge < -0.3 is 16.2 Å². The van der Waals surface area contributed by atoms with Crippen LogP contribution >= 0.6 is 0 Å². The highest BCUT2D eigenvalue weighted by atomic mass is 16.5. The molecular formula is C18H24N4O2. The number of aromatic nitrogens is 2. The molecule has 4 N–H and O–H groups in total. The number of nitrogens with zero attached hydrogens (tertiary/aromatic N) is 2. The summed E-state index contributed by atoms with van der Waals surface area (Å²) in [6.45, 7) is 9.92. The minimum absolute atomic E-state index is 0.0709. The first kappa shape index (κ1) is 17.7. The molecular weight excluding hydrogens is 304 g/mol. The van der Waals surface area contributed by atoms with Crippen LogP contribution in [0, 0.1) is 6.92 Å². The molecule has 0 saturated heterocycles. The van der Waals surface area contributed by atoms with Crippen LogP contribution in [-0.2, 0) is 5.41 Å². The fraction of sp³-hybridized carbons (Fsp3) is 0.389. The lowest BCUT2D eigenvalue weighted by atomic mass is 9.87. The van der Waals surface area contributed by atoms with E-state index in [0.717, 1.165) is 0 Å². The van der Waals surface area contributed by atoms with Gasteiger partial charge >= 0.3 is 0 Å². The van der Waals surface area contributed by atoms with E-state index in [0.29, 0.717) is 17.1 Å². The number of hydrogen-bond acceptors (Lipinski definition) is 5. The summed E-state index contributed by atoms with van der Waals surface area (Å²) < 4.78 is 5.92. The number of ether oxygens (including phenoxy) is 1. The van der Waals surface area contributed by atoms with E-state index in [4.69, 9.17) is 16.2 Å². The Labute approximate surface area is 142 Å². The summed E-state index contributed by atoms with van der Waals surface area (Å²) in [6, 6.07) is 7.85. The standard InChI is InChI=1S/C18H24N4O2/c1-10-14(16(19)23)15(22-17(20)21-10)11(2)24-13-8-6-12(7-9-13)18(3,4)5/h6-9,11H,1-5H3,(H2,19,23)(H2,20,21,22). The monoisotopic (exact) mass is 328 g/mol. The number of rotatable bonds is 4. The van der Waals surface area contributed by atoms with Crippen molar-refractivity contribution in [3.63, 3.8) is 0 Å². The highest BCUT2D eigenvalue weighted by molar-refractivity contribution is 5.95. The predicted octanol–water partition coefficient (Wildman–Crippen LogP) is 2.90. The Balaban J connectivity index is 2.30. The summed E-state index contributed by atoms with van der Waals surface area (Å²) in [7, 11) is 0. The summed E-state index contributed by atoms with van der Waals surface area (Å²) in [4.78, 5) is 19.9. The van der Waals surface area contributed by atoms with E-state index >= 15 is 0 Å². The molecule has 1 aromatic carbocycles. The molecule has 0 aliphatic heterocycles. The molecule has 0 radical (unpaired) electrons. The minimum Gasteiger partial charge on any atom is -0.484 e. The molecule has 0 spiro atoms. The SMILES string of the molecule is Cc1nc(N)nc(C(C)Oc2ccc(C(C)(C)C)cc2)c1C(N)=O. The molecule has 2 aromatic rings. The third-order valence-electron chi connectivity index (χ3n) is 3.80. The lowest BCUT2D eigenvalue weighted by Crippen LogP contribution is -2.21. The largest absolute Gasteiger partial charge is 0.484 e. The fourth-order valence-corrected chi connectivity index (χ4v) is 2.51. The first-order valence-corrected chi connectivity index (χ1v) is 7.80. The second-order valence-electron chi connectivity index (χ2n) is 6.83. The maximum atomic E-state index is 11.7. The summed E-state index contributed by atoms with van der Waals surface area (Å²) in [6.07, 6.45) is -0.489. The van der Waals surface area contributed by atoms with Crippen LogP contribution in [0.4, 0.5) is 5.95 Å². The van der Waals surface area contributed by atoms with Gasteiger partial charge in [-0.25, -0.2) is 9.97 Å². The van der Waals surface area contributed by atoms with Gasteiger partial charge in [-0.1, -0.05) is 32.9 Å². The molecule has 6 nitrogen and oxygen atoms in total. The van der Waals surface area contributed by atoms with E-state index in [-0.39, 0.29) is 16.9 Å². The third-order valence-corrected chi connectivity index (χ3v) is 3.80.